The molecule has 5 heteroatoms. The van der Waals surface area contributed by atoms with Crippen LogP contribution >= 0.6 is 8.58 Å². The van der Waals surface area contributed by atoms with E-state index in [1.54, 1.807) is 48.5 Å². The van der Waals surface area contributed by atoms with Crippen LogP contribution in [0.15, 0.2) is 48.5 Å². The maximum absolute atomic E-state index is 10.7. The molecule has 0 heterocycles. The van der Waals surface area contributed by atoms with Gasteiger partial charge in [-0.3, -0.25) is 0 Å². The number of rotatable bonds is 4. The molecule has 0 aliphatic heterocycles. The summed E-state index contributed by atoms with van der Waals surface area (Å²) in [5, 5.41) is 19.6. The van der Waals surface area contributed by atoms with Gasteiger partial charge in [-0.15, -0.1) is 0 Å². The van der Waals surface area contributed by atoms with Gasteiger partial charge in [0.1, 0.15) is 0 Å². The Morgan fingerprint density at radius 3 is 1.26 bits per heavy atom. The zero-order chi connectivity index (χ0) is 13.8. The molecule has 96 valence electrons. The summed E-state index contributed by atoms with van der Waals surface area (Å²) in [5.74, 6) is -1.89. The Morgan fingerprint density at radius 1 is 0.684 bits per heavy atom. The van der Waals surface area contributed by atoms with Crippen molar-refractivity contribution in [2.24, 2.45) is 0 Å². The van der Waals surface area contributed by atoms with Crippen molar-refractivity contribution in [3.63, 3.8) is 0 Å². The van der Waals surface area contributed by atoms with E-state index < -0.39 is 11.9 Å². The number of benzene rings is 2. The molecule has 0 unspecified atom stereocenters. The Morgan fingerprint density at radius 2 is 1.00 bits per heavy atom. The first kappa shape index (κ1) is 13.2. The van der Waals surface area contributed by atoms with E-state index in [0.717, 1.165) is 10.6 Å². The highest BCUT2D eigenvalue weighted by atomic mass is 31.1. The number of hydrogen-bond acceptors (Lipinski definition) is 2. The van der Waals surface area contributed by atoms with E-state index in [4.69, 9.17) is 10.2 Å². The summed E-state index contributed by atoms with van der Waals surface area (Å²) in [6.45, 7) is 0. The molecule has 2 rings (SSSR count). The van der Waals surface area contributed by atoms with Crippen LogP contribution < -0.4 is 10.6 Å². The highest BCUT2D eigenvalue weighted by Gasteiger charge is 2.04. The molecule has 2 aromatic carbocycles. The molecule has 4 nitrogen and oxygen atoms in total. The van der Waals surface area contributed by atoms with Crippen molar-refractivity contribution >= 4 is 31.1 Å². The van der Waals surface area contributed by atoms with Gasteiger partial charge in [-0.2, -0.15) is 0 Å². The van der Waals surface area contributed by atoms with Gasteiger partial charge in [-0.25, -0.2) is 9.59 Å². The summed E-state index contributed by atoms with van der Waals surface area (Å²) in [6.07, 6.45) is 0. The van der Waals surface area contributed by atoms with Crippen LogP contribution in [0, 0.1) is 0 Å². The quantitative estimate of drug-likeness (QED) is 0.832. The van der Waals surface area contributed by atoms with E-state index in [9.17, 15) is 9.59 Å². The Labute approximate surface area is 111 Å². The first-order valence-electron chi connectivity index (χ1n) is 5.50. The molecule has 0 saturated carbocycles. The zero-order valence-electron chi connectivity index (χ0n) is 9.83. The van der Waals surface area contributed by atoms with Crippen LogP contribution in [0.2, 0.25) is 0 Å². The second-order valence-electron chi connectivity index (χ2n) is 3.89. The standard InChI is InChI=1S/C14H11O4P/c15-13(16)9-1-5-11(6-2-9)19-12-7-3-10(4-8-12)14(17)18/h1-8,19H,(H,15,16)(H,17,18). The van der Waals surface area contributed by atoms with Crippen LogP contribution in [0.25, 0.3) is 0 Å². The molecule has 0 bridgehead atoms. The van der Waals surface area contributed by atoms with Gasteiger partial charge in [0.15, 0.2) is 0 Å². The molecule has 0 amide bonds. The maximum Gasteiger partial charge on any atom is 0.335 e. The average Bonchev–Trinajstić information content (AvgIpc) is 2.40. The summed E-state index contributed by atoms with van der Waals surface area (Å²) in [5.41, 5.74) is 0.518. The Bertz CT molecular complexity index is 547. The summed E-state index contributed by atoms with van der Waals surface area (Å²) in [6, 6.07) is 13.3. The number of carbonyl (C=O) groups is 2. The van der Waals surface area contributed by atoms with Crippen LogP contribution in [0.1, 0.15) is 20.7 Å². The van der Waals surface area contributed by atoms with Crippen molar-refractivity contribution in [3.8, 4) is 0 Å². The third kappa shape index (κ3) is 3.39. The lowest BCUT2D eigenvalue weighted by atomic mass is 10.2. The molecule has 0 aromatic heterocycles. The van der Waals surface area contributed by atoms with Crippen LogP contribution in [-0.2, 0) is 0 Å². The molecule has 0 spiro atoms. The molecule has 2 N–H and O–H groups in total. The van der Waals surface area contributed by atoms with Crippen LogP contribution in [0.5, 0.6) is 0 Å². The minimum Gasteiger partial charge on any atom is -0.478 e. The molecular formula is C14H11O4P. The fourth-order valence-electron chi connectivity index (χ4n) is 1.56. The normalized spacial score (nSPS) is 10.1. The Hall–Kier alpha value is -2.19. The van der Waals surface area contributed by atoms with Gasteiger partial charge in [-0.05, 0) is 34.9 Å². The monoisotopic (exact) mass is 274 g/mol. The van der Waals surface area contributed by atoms with E-state index in [0.29, 0.717) is 8.58 Å². The van der Waals surface area contributed by atoms with Crippen molar-refractivity contribution in [1.29, 1.82) is 0 Å². The molecule has 0 radical (unpaired) electrons. The van der Waals surface area contributed by atoms with E-state index in [1.807, 2.05) is 0 Å². The van der Waals surface area contributed by atoms with Gasteiger partial charge in [0, 0.05) is 0 Å². The van der Waals surface area contributed by atoms with E-state index in [-0.39, 0.29) is 11.1 Å². The van der Waals surface area contributed by atoms with Gasteiger partial charge in [0.2, 0.25) is 0 Å². The summed E-state index contributed by atoms with van der Waals surface area (Å²) < 4.78 is 0. The summed E-state index contributed by atoms with van der Waals surface area (Å²) >= 11 is 0. The van der Waals surface area contributed by atoms with Gasteiger partial charge < -0.3 is 10.2 Å². The largest absolute Gasteiger partial charge is 0.478 e. The molecule has 0 atom stereocenters. The van der Waals surface area contributed by atoms with Crippen molar-refractivity contribution in [2.75, 3.05) is 0 Å². The SMILES string of the molecule is O=C(O)c1ccc(Pc2ccc(C(=O)O)cc2)cc1. The number of hydrogen-bond donors (Lipinski definition) is 2. The zero-order valence-corrected chi connectivity index (χ0v) is 10.8. The topological polar surface area (TPSA) is 74.6 Å². The third-order valence-electron chi connectivity index (χ3n) is 2.55. The second kappa shape index (κ2) is 5.63. The lowest BCUT2D eigenvalue weighted by molar-refractivity contribution is 0.0686. The summed E-state index contributed by atoms with van der Waals surface area (Å²) in [4.78, 5) is 21.4. The lowest BCUT2D eigenvalue weighted by Gasteiger charge is -2.03. The van der Waals surface area contributed by atoms with E-state index in [1.165, 1.54) is 0 Å². The van der Waals surface area contributed by atoms with E-state index >= 15 is 0 Å². The molecule has 2 aromatic rings. The van der Waals surface area contributed by atoms with Gasteiger partial charge >= 0.3 is 11.9 Å². The maximum atomic E-state index is 10.7. The minimum absolute atomic E-state index is 0.259. The molecular weight excluding hydrogens is 263 g/mol. The second-order valence-corrected chi connectivity index (χ2v) is 5.29. The average molecular weight is 274 g/mol. The predicted molar refractivity (Wildman–Crippen MR) is 74.4 cm³/mol. The molecule has 19 heavy (non-hydrogen) atoms. The van der Waals surface area contributed by atoms with Crippen molar-refractivity contribution < 1.29 is 19.8 Å². The Kier molecular flexibility index (Phi) is 3.93. The van der Waals surface area contributed by atoms with Gasteiger partial charge in [-0.1, -0.05) is 32.8 Å². The molecule has 0 aliphatic rings. The molecule has 0 fully saturated rings. The lowest BCUT2D eigenvalue weighted by Crippen LogP contribution is -2.06. The summed E-state index contributed by atoms with van der Waals surface area (Å²) in [7, 11) is 0.371. The smallest absolute Gasteiger partial charge is 0.335 e. The van der Waals surface area contributed by atoms with Gasteiger partial charge in [0.05, 0.1) is 11.1 Å². The fraction of sp³-hybridized carbons (Fsp3) is 0. The highest BCUT2D eigenvalue weighted by molar-refractivity contribution is 7.55. The molecule has 0 aliphatic carbocycles. The van der Waals surface area contributed by atoms with Crippen LogP contribution in [0.4, 0.5) is 0 Å². The van der Waals surface area contributed by atoms with Crippen LogP contribution in [0.3, 0.4) is 0 Å². The number of carboxylic acid groups (broad SMARTS) is 2. The van der Waals surface area contributed by atoms with Gasteiger partial charge in [0.25, 0.3) is 0 Å². The molecule has 0 saturated heterocycles. The first-order valence-corrected chi connectivity index (χ1v) is 6.50. The highest BCUT2D eigenvalue weighted by Crippen LogP contribution is 2.12. The Balaban J connectivity index is 2.12. The third-order valence-corrected chi connectivity index (χ3v) is 3.80. The van der Waals surface area contributed by atoms with Crippen molar-refractivity contribution in [2.45, 2.75) is 0 Å². The number of carboxylic acids is 2. The number of aromatic carboxylic acids is 2. The predicted octanol–water partition coefficient (Wildman–Crippen LogP) is 1.71. The van der Waals surface area contributed by atoms with Crippen LogP contribution in [-0.4, -0.2) is 22.2 Å². The van der Waals surface area contributed by atoms with E-state index in [2.05, 4.69) is 0 Å². The fourth-order valence-corrected chi connectivity index (χ4v) is 2.56. The minimum atomic E-state index is -0.944. The van der Waals surface area contributed by atoms with Crippen molar-refractivity contribution in [1.82, 2.24) is 0 Å². The van der Waals surface area contributed by atoms with Crippen molar-refractivity contribution in [3.05, 3.63) is 59.7 Å². The first-order chi connectivity index (χ1) is 9.06.